The highest BCUT2D eigenvalue weighted by Crippen LogP contribution is 2.52. The zero-order valence-electron chi connectivity index (χ0n) is 61.1. The minimum absolute atomic E-state index is 0.00374. The van der Waals surface area contributed by atoms with Crippen LogP contribution in [0.5, 0.6) is 0 Å². The van der Waals surface area contributed by atoms with Crippen molar-refractivity contribution in [2.24, 2.45) is 0 Å². The lowest BCUT2D eigenvalue weighted by Crippen LogP contribution is -2.16. The van der Waals surface area contributed by atoms with Crippen LogP contribution >= 0.6 is 34.0 Å². The molecule has 95 heavy (non-hydrogen) atoms. The topological polar surface area (TPSA) is 57.4 Å². The van der Waals surface area contributed by atoms with Crippen LogP contribution in [-0.4, -0.2) is 19.9 Å². The Morgan fingerprint density at radius 3 is 1.08 bits per heavy atom. The van der Waals surface area contributed by atoms with Gasteiger partial charge in [0.2, 0.25) is 0 Å². The third-order valence-electron chi connectivity index (χ3n) is 19.1. The van der Waals surface area contributed by atoms with E-state index in [4.69, 9.17) is 9.97 Å². The number of thiophene rings is 3. The van der Waals surface area contributed by atoms with Gasteiger partial charge in [-0.2, -0.15) is 0 Å². The first-order valence-electron chi connectivity index (χ1n) is 34.2. The second kappa shape index (κ2) is 23.7. The maximum atomic E-state index is 5.94. The van der Waals surface area contributed by atoms with Crippen molar-refractivity contribution in [3.05, 3.63) is 200 Å². The fourth-order valence-corrected chi connectivity index (χ4v) is 16.2. The third-order valence-corrected chi connectivity index (χ3v) is 22.6. The van der Waals surface area contributed by atoms with E-state index in [0.717, 1.165) is 77.5 Å². The zero-order chi connectivity index (χ0) is 68.7. The van der Waals surface area contributed by atoms with E-state index in [9.17, 15) is 0 Å². The molecule has 0 atom stereocenters. The molecule has 8 heterocycles. The first kappa shape index (κ1) is 67.6. The molecule has 0 amide bonds. The van der Waals surface area contributed by atoms with Crippen molar-refractivity contribution in [2.75, 3.05) is 0 Å². The molecule has 4 aromatic carbocycles. The summed E-state index contributed by atoms with van der Waals surface area (Å²) < 4.78 is 0. The number of nitrogens with one attached hydrogen (secondary N) is 2. The SMILES string of the molecule is CC(C)(C)c1cc(-c2ccsc2-c2ccc(-c3sc(-c4c5nc(c(-c6cc(C(C)(C)C)cc(C(C)(C)C)c6)c6ccc(cc7nc(c(-c8cc(C(C)(C)C)cc(C(C)(C)C)c8)c8ccc4[nH]8)C=C7)[nH]6)C=C5)cc3-c3cc(C(C)(C)C)cc(C(C)(C)C)c3)s2)cc(C(C)(C)C)c1. The number of fused-ring (bicyclic) bond motifs is 8. The van der Waals surface area contributed by atoms with Gasteiger partial charge < -0.3 is 9.97 Å². The molecular formula is C88H100N4S3. The standard InChI is InChI=1S/C88H100N4S3/c1-81(2,3)55-37-51(38-56(45-55)82(4,5)6)65-35-36-93-79(65)73-33-34-74(94-73)80-66(52-39-57(83(7,8)9)46-58(40-52)84(10,11)12)50-75(95-80)78-71-31-29-69(91-71)76(53-41-59(85(13,14)15)47-60(42-53)86(16,17)18)67-27-25-63(89-67)49-64-26-28-68(90-64)77(70-30-32-72(78)92-70)54-43-61(87(19,20)21)48-62(44-54)88(22,23)24/h25-50,89,92H,1-24H3. The number of rotatable bonds is 7. The molecule has 0 radical (unpaired) electrons. The number of hydrogen-bond donors (Lipinski definition) is 2. The summed E-state index contributed by atoms with van der Waals surface area (Å²) in [5.41, 5.74) is 28.0. The Morgan fingerprint density at radius 2 is 0.642 bits per heavy atom. The zero-order valence-corrected chi connectivity index (χ0v) is 63.6. The van der Waals surface area contributed by atoms with E-state index in [2.05, 4.69) is 333 Å². The van der Waals surface area contributed by atoms with Gasteiger partial charge in [0.1, 0.15) is 0 Å². The molecule has 0 fully saturated rings. The van der Waals surface area contributed by atoms with Gasteiger partial charge in [0.15, 0.2) is 0 Å². The number of nitrogens with zero attached hydrogens (tertiary/aromatic N) is 2. The minimum Gasteiger partial charge on any atom is -0.355 e. The Balaban J connectivity index is 1.19. The summed E-state index contributed by atoms with van der Waals surface area (Å²) in [7, 11) is 0. The molecule has 0 unspecified atom stereocenters. The van der Waals surface area contributed by atoms with E-state index in [0.29, 0.717) is 0 Å². The lowest BCUT2D eigenvalue weighted by atomic mass is 9.78. The van der Waals surface area contributed by atoms with Gasteiger partial charge >= 0.3 is 0 Å². The number of benzene rings is 4. The Labute approximate surface area is 580 Å². The van der Waals surface area contributed by atoms with Crippen LogP contribution in [0.15, 0.2) is 133 Å². The molecule has 10 aromatic rings. The van der Waals surface area contributed by atoms with Crippen LogP contribution < -0.4 is 0 Å². The lowest BCUT2D eigenvalue weighted by molar-refractivity contribution is 0.568. The molecule has 2 aliphatic rings. The molecule has 0 saturated heterocycles. The molecule has 0 aliphatic carbocycles. The van der Waals surface area contributed by atoms with E-state index < -0.39 is 0 Å². The van der Waals surface area contributed by atoms with Crippen LogP contribution in [0.1, 0.15) is 233 Å². The fourth-order valence-electron chi connectivity index (χ4n) is 12.8. The van der Waals surface area contributed by atoms with Crippen molar-refractivity contribution < 1.29 is 0 Å². The average molecular weight is 1310 g/mol. The number of H-pyrrole nitrogens is 2. The quantitative estimate of drug-likeness (QED) is 0.167. The molecule has 2 N–H and O–H groups in total. The summed E-state index contributed by atoms with van der Waals surface area (Å²) in [4.78, 5) is 25.8. The summed E-state index contributed by atoms with van der Waals surface area (Å²) in [5.74, 6) is 0. The second-order valence-electron chi connectivity index (χ2n) is 35.2. The molecule has 4 nitrogen and oxygen atoms in total. The summed E-state index contributed by atoms with van der Waals surface area (Å²) >= 11 is 5.64. The molecule has 7 heteroatoms. The van der Waals surface area contributed by atoms with Crippen molar-refractivity contribution in [3.63, 3.8) is 0 Å². The smallest absolute Gasteiger partial charge is 0.0745 e. The highest BCUT2D eigenvalue weighted by molar-refractivity contribution is 7.27. The van der Waals surface area contributed by atoms with E-state index in [-0.39, 0.29) is 43.3 Å². The van der Waals surface area contributed by atoms with Gasteiger partial charge in [-0.1, -0.05) is 239 Å². The molecule has 12 rings (SSSR count). The molecule has 2 aliphatic heterocycles. The van der Waals surface area contributed by atoms with Crippen molar-refractivity contribution in [1.82, 2.24) is 19.9 Å². The molecular weight excluding hydrogens is 1210 g/mol. The third kappa shape index (κ3) is 13.8. The minimum atomic E-state index is -0.0991. The highest BCUT2D eigenvalue weighted by Gasteiger charge is 2.30. The van der Waals surface area contributed by atoms with Crippen LogP contribution in [0.3, 0.4) is 0 Å². The maximum Gasteiger partial charge on any atom is 0.0745 e. The Kier molecular flexibility index (Phi) is 16.9. The van der Waals surface area contributed by atoms with Gasteiger partial charge in [0.05, 0.1) is 32.5 Å². The Bertz CT molecular complexity index is 4690. The molecule has 0 saturated carbocycles. The van der Waals surface area contributed by atoms with Gasteiger partial charge in [-0.05, 0) is 194 Å². The van der Waals surface area contributed by atoms with Crippen LogP contribution in [0, 0.1) is 0 Å². The van der Waals surface area contributed by atoms with E-state index in [1.807, 2.05) is 34.0 Å². The van der Waals surface area contributed by atoms with Gasteiger partial charge in [0, 0.05) is 64.5 Å². The van der Waals surface area contributed by atoms with Crippen LogP contribution in [0.4, 0.5) is 0 Å². The van der Waals surface area contributed by atoms with Crippen LogP contribution in [-0.2, 0) is 43.3 Å². The molecule has 490 valence electrons. The largest absolute Gasteiger partial charge is 0.355 e. The molecule has 0 spiro atoms. The average Bonchev–Trinajstić information content (AvgIpc) is 1.65. The summed E-state index contributed by atoms with van der Waals surface area (Å²) in [5, 5.41) is 2.28. The highest BCUT2D eigenvalue weighted by atomic mass is 32.1. The molecule has 8 bridgehead atoms. The number of hydrogen-bond acceptors (Lipinski definition) is 5. The number of aromatic nitrogens is 4. The maximum absolute atomic E-state index is 5.94. The second-order valence-corrected chi connectivity index (χ2v) is 38.3. The van der Waals surface area contributed by atoms with Gasteiger partial charge in [-0.15, -0.1) is 34.0 Å². The van der Waals surface area contributed by atoms with Crippen molar-refractivity contribution in [1.29, 1.82) is 0 Å². The Morgan fingerprint density at radius 1 is 0.284 bits per heavy atom. The van der Waals surface area contributed by atoms with Crippen molar-refractivity contribution in [3.8, 4) is 74.5 Å². The predicted molar refractivity (Wildman–Crippen MR) is 420 cm³/mol. The first-order chi connectivity index (χ1) is 44.0. The van der Waals surface area contributed by atoms with Crippen LogP contribution in [0.2, 0.25) is 0 Å². The fraction of sp³-hybridized carbons (Fsp3) is 0.364. The summed E-state index contributed by atoms with van der Waals surface area (Å²) in [6.45, 7) is 56.0. The predicted octanol–water partition coefficient (Wildman–Crippen LogP) is 26.9. The van der Waals surface area contributed by atoms with E-state index in [1.165, 1.54) is 86.3 Å². The molecule has 6 aromatic heterocycles. The normalized spacial score (nSPS) is 13.6. The van der Waals surface area contributed by atoms with Crippen LogP contribution in [0.25, 0.3) is 121 Å². The van der Waals surface area contributed by atoms with Crippen molar-refractivity contribution >= 4 is 80.4 Å². The summed E-state index contributed by atoms with van der Waals surface area (Å²) in [6, 6.07) is 50.0. The first-order valence-corrected chi connectivity index (χ1v) is 36.7. The van der Waals surface area contributed by atoms with Gasteiger partial charge in [-0.3, -0.25) is 0 Å². The number of aromatic amines is 2. The van der Waals surface area contributed by atoms with E-state index in [1.54, 1.807) is 0 Å². The monoisotopic (exact) mass is 1310 g/mol. The van der Waals surface area contributed by atoms with E-state index >= 15 is 0 Å². The van der Waals surface area contributed by atoms with Gasteiger partial charge in [-0.25, -0.2) is 9.97 Å². The van der Waals surface area contributed by atoms with Crippen molar-refractivity contribution in [2.45, 2.75) is 209 Å². The summed E-state index contributed by atoms with van der Waals surface area (Å²) in [6.07, 6.45) is 8.91. The van der Waals surface area contributed by atoms with Gasteiger partial charge in [0.25, 0.3) is 0 Å². The Hall–Kier alpha value is -7.42. The lowest BCUT2D eigenvalue weighted by Gasteiger charge is -2.26.